The Morgan fingerprint density at radius 1 is 1.47 bits per heavy atom. The fourth-order valence-corrected chi connectivity index (χ4v) is 2.48. The first-order valence-electron chi connectivity index (χ1n) is 5.94. The second-order valence-electron chi connectivity index (χ2n) is 4.45. The fraction of sp³-hybridized carbons (Fsp3) is 0.462. The van der Waals surface area contributed by atoms with Crippen LogP contribution in [0.3, 0.4) is 0 Å². The zero-order chi connectivity index (χ0) is 12.4. The van der Waals surface area contributed by atoms with Gasteiger partial charge in [0, 0.05) is 17.1 Å². The number of aryl methyl sites for hydroxylation is 2. The number of carbonyl (C=O) groups excluding carboxylic acids is 1. The summed E-state index contributed by atoms with van der Waals surface area (Å²) in [6, 6.07) is 2.11. The fourth-order valence-electron chi connectivity index (χ4n) is 2.23. The van der Waals surface area contributed by atoms with Gasteiger partial charge in [0.15, 0.2) is 0 Å². The summed E-state index contributed by atoms with van der Waals surface area (Å²) in [5.74, 6) is 0.0753. The molecule has 17 heavy (non-hydrogen) atoms. The first-order valence-corrected chi connectivity index (χ1v) is 6.32. The number of rotatable bonds is 3. The number of hydrogen-bond donors (Lipinski definition) is 2. The second kappa shape index (κ2) is 5.07. The molecule has 1 aliphatic rings. The third-order valence-electron chi connectivity index (χ3n) is 3.19. The number of carbonyl (C=O) groups is 1. The summed E-state index contributed by atoms with van der Waals surface area (Å²) in [5, 5.41) is 3.67. The highest BCUT2D eigenvalue weighted by Gasteiger charge is 2.20. The molecule has 0 saturated carbocycles. The predicted octanol–water partition coefficient (Wildman–Crippen LogP) is 2.42. The van der Waals surface area contributed by atoms with Crippen LogP contribution in [0.5, 0.6) is 0 Å². The first kappa shape index (κ1) is 12.4. The first-order chi connectivity index (χ1) is 8.13. The van der Waals surface area contributed by atoms with E-state index < -0.39 is 0 Å². The largest absolute Gasteiger partial charge is 0.330 e. The van der Waals surface area contributed by atoms with Gasteiger partial charge in [-0.25, -0.2) is 0 Å². The molecule has 0 atom stereocenters. The minimum atomic E-state index is 0.0753. The van der Waals surface area contributed by atoms with Crippen LogP contribution in [0.15, 0.2) is 6.07 Å². The van der Waals surface area contributed by atoms with Crippen LogP contribution in [0.1, 0.15) is 29.5 Å². The lowest BCUT2D eigenvalue weighted by molar-refractivity contribution is -0.116. The standard InChI is InChI=1S/C13H17ClN2O/c1-8-12(14)9(3-2-6-15)7-10-4-5-11(17)16-13(8)10/h7H,2-6,15H2,1H3,(H,16,17). The number of nitrogens with one attached hydrogen (secondary N) is 1. The molecule has 0 fully saturated rings. The minimum absolute atomic E-state index is 0.0753. The van der Waals surface area contributed by atoms with Crippen molar-refractivity contribution < 1.29 is 4.79 Å². The topological polar surface area (TPSA) is 55.1 Å². The summed E-state index contributed by atoms with van der Waals surface area (Å²) in [7, 11) is 0. The molecule has 3 N–H and O–H groups in total. The van der Waals surface area contributed by atoms with Gasteiger partial charge in [0.25, 0.3) is 0 Å². The number of halogens is 1. The van der Waals surface area contributed by atoms with Crippen molar-refractivity contribution in [2.75, 3.05) is 11.9 Å². The van der Waals surface area contributed by atoms with Gasteiger partial charge in [-0.3, -0.25) is 4.79 Å². The third-order valence-corrected chi connectivity index (χ3v) is 3.72. The lowest BCUT2D eigenvalue weighted by Gasteiger charge is -2.21. The number of amides is 1. The van der Waals surface area contributed by atoms with Gasteiger partial charge in [-0.05, 0) is 49.4 Å². The summed E-state index contributed by atoms with van der Waals surface area (Å²) in [5.41, 5.74) is 9.74. The molecule has 1 aromatic rings. The van der Waals surface area contributed by atoms with Crippen molar-refractivity contribution in [2.24, 2.45) is 5.73 Å². The Morgan fingerprint density at radius 2 is 2.24 bits per heavy atom. The second-order valence-corrected chi connectivity index (χ2v) is 4.83. The Bertz CT molecular complexity index is 457. The molecule has 1 aromatic carbocycles. The van der Waals surface area contributed by atoms with E-state index in [1.54, 1.807) is 0 Å². The smallest absolute Gasteiger partial charge is 0.224 e. The van der Waals surface area contributed by atoms with Crippen LogP contribution in [-0.2, 0) is 17.6 Å². The zero-order valence-electron chi connectivity index (χ0n) is 9.98. The maximum absolute atomic E-state index is 11.4. The molecule has 4 heteroatoms. The molecule has 0 aliphatic carbocycles. The number of nitrogens with two attached hydrogens (primary N) is 1. The summed E-state index contributed by atoms with van der Waals surface area (Å²) in [6.07, 6.45) is 3.20. The van der Waals surface area contributed by atoms with Crippen molar-refractivity contribution in [3.63, 3.8) is 0 Å². The van der Waals surface area contributed by atoms with Gasteiger partial charge in [-0.2, -0.15) is 0 Å². The van der Waals surface area contributed by atoms with Gasteiger partial charge >= 0.3 is 0 Å². The number of fused-ring (bicyclic) bond motifs is 1. The number of benzene rings is 1. The average Bonchev–Trinajstić information content (AvgIpc) is 2.33. The van der Waals surface area contributed by atoms with Crippen LogP contribution in [-0.4, -0.2) is 12.5 Å². The van der Waals surface area contributed by atoms with Crippen LogP contribution in [0, 0.1) is 6.92 Å². The molecule has 0 bridgehead atoms. The van der Waals surface area contributed by atoms with Crippen molar-refractivity contribution in [1.29, 1.82) is 0 Å². The number of hydrogen-bond acceptors (Lipinski definition) is 2. The molecule has 2 rings (SSSR count). The molecule has 0 radical (unpaired) electrons. The van der Waals surface area contributed by atoms with E-state index in [1.165, 1.54) is 5.56 Å². The van der Waals surface area contributed by atoms with Crippen LogP contribution in [0.2, 0.25) is 5.02 Å². The lowest BCUT2D eigenvalue weighted by atomic mass is 9.95. The van der Waals surface area contributed by atoms with Crippen LogP contribution >= 0.6 is 11.6 Å². The molecular formula is C13H17ClN2O. The van der Waals surface area contributed by atoms with Gasteiger partial charge in [0.2, 0.25) is 5.91 Å². The normalized spacial score (nSPS) is 14.4. The van der Waals surface area contributed by atoms with Crippen molar-refractivity contribution in [1.82, 2.24) is 0 Å². The van der Waals surface area contributed by atoms with E-state index in [0.717, 1.165) is 41.1 Å². The molecule has 0 aromatic heterocycles. The van der Waals surface area contributed by atoms with Crippen molar-refractivity contribution in [2.45, 2.75) is 32.6 Å². The summed E-state index contributed by atoms with van der Waals surface area (Å²) < 4.78 is 0. The molecule has 92 valence electrons. The van der Waals surface area contributed by atoms with Crippen molar-refractivity contribution in [3.05, 3.63) is 27.8 Å². The van der Waals surface area contributed by atoms with Gasteiger partial charge in [-0.15, -0.1) is 0 Å². The van der Waals surface area contributed by atoms with E-state index in [2.05, 4.69) is 11.4 Å². The average molecular weight is 253 g/mol. The lowest BCUT2D eigenvalue weighted by Crippen LogP contribution is -2.20. The monoisotopic (exact) mass is 252 g/mol. The summed E-state index contributed by atoms with van der Waals surface area (Å²) in [6.45, 7) is 2.63. The molecule has 1 aliphatic heterocycles. The molecule has 1 amide bonds. The van der Waals surface area contributed by atoms with Crippen molar-refractivity contribution in [3.8, 4) is 0 Å². The molecule has 0 unspecified atom stereocenters. The molecule has 1 heterocycles. The Kier molecular flexibility index (Phi) is 3.69. The maximum atomic E-state index is 11.4. The summed E-state index contributed by atoms with van der Waals surface area (Å²) in [4.78, 5) is 11.4. The maximum Gasteiger partial charge on any atom is 0.224 e. The zero-order valence-corrected chi connectivity index (χ0v) is 10.7. The quantitative estimate of drug-likeness (QED) is 0.868. The highest BCUT2D eigenvalue weighted by molar-refractivity contribution is 6.32. The Morgan fingerprint density at radius 3 is 2.94 bits per heavy atom. The van der Waals surface area contributed by atoms with E-state index in [9.17, 15) is 4.79 Å². The van der Waals surface area contributed by atoms with E-state index >= 15 is 0 Å². The molecule has 0 saturated heterocycles. The highest BCUT2D eigenvalue weighted by atomic mass is 35.5. The van der Waals surface area contributed by atoms with E-state index in [0.29, 0.717) is 13.0 Å². The van der Waals surface area contributed by atoms with Gasteiger partial charge in [0.1, 0.15) is 0 Å². The van der Waals surface area contributed by atoms with Crippen LogP contribution in [0.4, 0.5) is 5.69 Å². The SMILES string of the molecule is Cc1c(Cl)c(CCCN)cc2c1NC(=O)CC2. The van der Waals surface area contributed by atoms with E-state index in [1.807, 2.05) is 6.92 Å². The Labute approximate surface area is 106 Å². The molecule has 3 nitrogen and oxygen atoms in total. The Balaban J connectivity index is 2.39. The number of anilines is 1. The van der Waals surface area contributed by atoms with E-state index in [-0.39, 0.29) is 5.91 Å². The Hall–Kier alpha value is -1.06. The highest BCUT2D eigenvalue weighted by Crippen LogP contribution is 2.34. The third kappa shape index (κ3) is 2.45. The van der Waals surface area contributed by atoms with Crippen molar-refractivity contribution >= 4 is 23.2 Å². The van der Waals surface area contributed by atoms with Gasteiger partial charge in [-0.1, -0.05) is 17.7 Å². The molecule has 0 spiro atoms. The van der Waals surface area contributed by atoms with Gasteiger partial charge < -0.3 is 11.1 Å². The van der Waals surface area contributed by atoms with Gasteiger partial charge in [0.05, 0.1) is 0 Å². The van der Waals surface area contributed by atoms with Crippen LogP contribution < -0.4 is 11.1 Å². The minimum Gasteiger partial charge on any atom is -0.330 e. The predicted molar refractivity (Wildman–Crippen MR) is 70.5 cm³/mol. The summed E-state index contributed by atoms with van der Waals surface area (Å²) >= 11 is 6.32. The van der Waals surface area contributed by atoms with Crippen LogP contribution in [0.25, 0.3) is 0 Å². The molecular weight excluding hydrogens is 236 g/mol. The van der Waals surface area contributed by atoms with E-state index in [4.69, 9.17) is 17.3 Å².